The maximum atomic E-state index is 13.2. The second-order valence-corrected chi connectivity index (χ2v) is 11.7. The van der Waals surface area contributed by atoms with Crippen LogP contribution < -0.4 is 16.4 Å². The van der Waals surface area contributed by atoms with Gasteiger partial charge in [-0.2, -0.15) is 4.31 Å². The van der Waals surface area contributed by atoms with Gasteiger partial charge in [0.15, 0.2) is 0 Å². The Hall–Kier alpha value is -3.36. The van der Waals surface area contributed by atoms with E-state index in [1.807, 2.05) is 24.3 Å². The van der Waals surface area contributed by atoms with Gasteiger partial charge in [-0.25, -0.2) is 8.42 Å². The lowest BCUT2D eigenvalue weighted by Gasteiger charge is -2.36. The molecule has 2 aliphatic rings. The van der Waals surface area contributed by atoms with Crippen LogP contribution in [0.4, 0.5) is 11.4 Å². The summed E-state index contributed by atoms with van der Waals surface area (Å²) in [4.78, 5) is 14.0. The van der Waals surface area contributed by atoms with Gasteiger partial charge in [-0.05, 0) is 67.1 Å². The normalized spacial score (nSPS) is 20.7. The summed E-state index contributed by atoms with van der Waals surface area (Å²) in [6, 6.07) is 24.8. The van der Waals surface area contributed by atoms with E-state index in [-0.39, 0.29) is 4.90 Å². The van der Waals surface area contributed by atoms with Crippen LogP contribution in [0.2, 0.25) is 0 Å². The Morgan fingerprint density at radius 1 is 0.917 bits per heavy atom. The molecule has 36 heavy (non-hydrogen) atoms. The molecular weight excluding hydrogens is 472 g/mol. The number of nitrogen functional groups attached to an aromatic ring is 1. The van der Waals surface area contributed by atoms with Gasteiger partial charge in [0.2, 0.25) is 15.9 Å². The van der Waals surface area contributed by atoms with Gasteiger partial charge in [0.05, 0.1) is 16.3 Å². The van der Waals surface area contributed by atoms with Gasteiger partial charge < -0.3 is 16.4 Å². The quantitative estimate of drug-likeness (QED) is 0.453. The highest BCUT2D eigenvalue weighted by Crippen LogP contribution is 2.47. The third-order valence-electron chi connectivity index (χ3n) is 7.44. The third kappa shape index (κ3) is 4.96. The molecule has 188 valence electrons. The number of para-hydroxylation sites is 2. The Morgan fingerprint density at radius 2 is 1.56 bits per heavy atom. The summed E-state index contributed by atoms with van der Waals surface area (Å²) in [6.07, 6.45) is 2.65. The van der Waals surface area contributed by atoms with Crippen molar-refractivity contribution in [3.63, 3.8) is 0 Å². The molecule has 1 amide bonds. The van der Waals surface area contributed by atoms with E-state index in [0.717, 1.165) is 37.2 Å². The number of nitrogens with zero attached hydrogens (tertiary/aromatic N) is 2. The van der Waals surface area contributed by atoms with Crippen molar-refractivity contribution in [3.05, 3.63) is 90.0 Å². The van der Waals surface area contributed by atoms with E-state index in [1.165, 1.54) is 29.8 Å². The molecule has 0 spiro atoms. The number of amides is 1. The van der Waals surface area contributed by atoms with Crippen LogP contribution in [0.1, 0.15) is 41.1 Å². The van der Waals surface area contributed by atoms with Crippen molar-refractivity contribution in [2.45, 2.75) is 36.1 Å². The van der Waals surface area contributed by atoms with Crippen molar-refractivity contribution in [3.8, 4) is 0 Å². The van der Waals surface area contributed by atoms with Crippen LogP contribution >= 0.6 is 0 Å². The first-order valence-electron chi connectivity index (χ1n) is 12.4. The van der Waals surface area contributed by atoms with Gasteiger partial charge >= 0.3 is 0 Å². The van der Waals surface area contributed by atoms with Gasteiger partial charge in [-0.3, -0.25) is 4.79 Å². The smallest absolute Gasteiger partial charge is 0.248 e. The number of carbonyl (C=O) groups excluding carboxylic acids is 1. The molecule has 1 saturated heterocycles. The van der Waals surface area contributed by atoms with E-state index >= 15 is 0 Å². The lowest BCUT2D eigenvalue weighted by Crippen LogP contribution is -2.42. The summed E-state index contributed by atoms with van der Waals surface area (Å²) < 4.78 is 27.9. The van der Waals surface area contributed by atoms with E-state index in [9.17, 15) is 13.2 Å². The van der Waals surface area contributed by atoms with Crippen molar-refractivity contribution >= 4 is 27.3 Å². The molecule has 5 rings (SSSR count). The Kier molecular flexibility index (Phi) is 6.73. The molecule has 1 aliphatic carbocycles. The monoisotopic (exact) mass is 504 g/mol. The first-order chi connectivity index (χ1) is 17.3. The largest absolute Gasteiger partial charge is 0.397 e. The Bertz CT molecular complexity index is 1320. The predicted molar refractivity (Wildman–Crippen MR) is 142 cm³/mol. The van der Waals surface area contributed by atoms with Gasteiger partial charge in [-0.1, -0.05) is 42.5 Å². The number of rotatable bonds is 8. The molecule has 0 bridgehead atoms. The summed E-state index contributed by atoms with van der Waals surface area (Å²) in [5, 5.41) is 0. The number of piperidine rings is 1. The van der Waals surface area contributed by atoms with Crippen molar-refractivity contribution in [2.75, 3.05) is 30.3 Å². The average molecular weight is 505 g/mol. The number of sulfonamides is 1. The SMILES string of the molecule is NC(=O)c1ccc(S(=O)(=O)N2CCC(CN(c3ccccc3N)C3CC3c3ccccc3)CC2)cc1. The van der Waals surface area contributed by atoms with Crippen molar-refractivity contribution < 1.29 is 13.2 Å². The first kappa shape index (κ1) is 24.3. The summed E-state index contributed by atoms with van der Waals surface area (Å²) in [5.74, 6) is 0.272. The maximum Gasteiger partial charge on any atom is 0.248 e. The molecule has 3 aromatic carbocycles. The van der Waals surface area contributed by atoms with Gasteiger partial charge in [-0.15, -0.1) is 0 Å². The first-order valence-corrected chi connectivity index (χ1v) is 13.8. The number of primary amides is 1. The number of hydrogen-bond donors (Lipinski definition) is 2. The molecule has 1 aliphatic heterocycles. The maximum absolute atomic E-state index is 13.2. The van der Waals surface area contributed by atoms with E-state index in [2.05, 4.69) is 35.2 Å². The molecule has 3 aromatic rings. The van der Waals surface area contributed by atoms with Crippen molar-refractivity contribution in [1.82, 2.24) is 4.31 Å². The summed E-state index contributed by atoms with van der Waals surface area (Å²) in [5.41, 5.74) is 15.1. The molecule has 7 nitrogen and oxygen atoms in total. The molecule has 2 fully saturated rings. The summed E-state index contributed by atoms with van der Waals surface area (Å²) in [6.45, 7) is 1.79. The second-order valence-electron chi connectivity index (χ2n) is 9.77. The highest BCUT2D eigenvalue weighted by atomic mass is 32.2. The van der Waals surface area contributed by atoms with Crippen LogP contribution in [0.25, 0.3) is 0 Å². The fourth-order valence-corrected chi connectivity index (χ4v) is 6.77. The molecule has 4 N–H and O–H groups in total. The molecule has 1 heterocycles. The molecular formula is C28H32N4O3S. The minimum Gasteiger partial charge on any atom is -0.397 e. The van der Waals surface area contributed by atoms with Crippen LogP contribution in [0.15, 0.2) is 83.8 Å². The lowest BCUT2D eigenvalue weighted by atomic mass is 9.97. The van der Waals surface area contributed by atoms with Crippen molar-refractivity contribution in [1.29, 1.82) is 0 Å². The van der Waals surface area contributed by atoms with Crippen LogP contribution in [-0.4, -0.2) is 44.3 Å². The van der Waals surface area contributed by atoms with E-state index < -0.39 is 15.9 Å². The van der Waals surface area contributed by atoms with E-state index in [0.29, 0.717) is 36.5 Å². The van der Waals surface area contributed by atoms with Gasteiger partial charge in [0.1, 0.15) is 0 Å². The Labute approximate surface area is 212 Å². The Morgan fingerprint density at radius 3 is 2.19 bits per heavy atom. The van der Waals surface area contributed by atoms with Crippen LogP contribution in [0.3, 0.4) is 0 Å². The topological polar surface area (TPSA) is 110 Å². The minimum absolute atomic E-state index is 0.188. The Balaban J connectivity index is 1.27. The molecule has 0 aromatic heterocycles. The molecule has 2 unspecified atom stereocenters. The average Bonchev–Trinajstić information content (AvgIpc) is 3.69. The van der Waals surface area contributed by atoms with Gasteiger partial charge in [0.25, 0.3) is 0 Å². The number of carbonyl (C=O) groups is 1. The molecule has 1 saturated carbocycles. The molecule has 0 radical (unpaired) electrons. The zero-order valence-electron chi connectivity index (χ0n) is 20.2. The van der Waals surface area contributed by atoms with Crippen LogP contribution in [0, 0.1) is 5.92 Å². The lowest BCUT2D eigenvalue weighted by molar-refractivity contribution is 0.1000. The van der Waals surface area contributed by atoms with Crippen LogP contribution in [0.5, 0.6) is 0 Å². The van der Waals surface area contributed by atoms with E-state index in [4.69, 9.17) is 11.5 Å². The highest BCUT2D eigenvalue weighted by Gasteiger charge is 2.44. The molecule has 8 heteroatoms. The second kappa shape index (κ2) is 9.95. The van der Waals surface area contributed by atoms with Crippen LogP contribution in [-0.2, 0) is 10.0 Å². The third-order valence-corrected chi connectivity index (χ3v) is 9.35. The fourth-order valence-electron chi connectivity index (χ4n) is 5.30. The van der Waals surface area contributed by atoms with Gasteiger partial charge in [0, 0.05) is 37.2 Å². The van der Waals surface area contributed by atoms with E-state index in [1.54, 1.807) is 4.31 Å². The number of anilines is 2. The minimum atomic E-state index is -3.62. The number of nitrogens with two attached hydrogens (primary N) is 2. The zero-order valence-corrected chi connectivity index (χ0v) is 21.0. The number of hydrogen-bond acceptors (Lipinski definition) is 5. The fraction of sp³-hybridized carbons (Fsp3) is 0.321. The van der Waals surface area contributed by atoms with Crippen molar-refractivity contribution in [2.24, 2.45) is 11.7 Å². The predicted octanol–water partition coefficient (Wildman–Crippen LogP) is 3.83. The summed E-state index contributed by atoms with van der Waals surface area (Å²) in [7, 11) is -3.62. The summed E-state index contributed by atoms with van der Waals surface area (Å²) >= 11 is 0. The molecule has 2 atom stereocenters. The number of benzene rings is 3. The standard InChI is InChI=1S/C28H32N4O3S/c29-25-8-4-5-9-26(25)32(27-18-24(27)21-6-2-1-3-7-21)19-20-14-16-31(17-15-20)36(34,35)23-12-10-22(11-13-23)28(30)33/h1-13,20,24,27H,14-19,29H2,(H2,30,33). The highest BCUT2D eigenvalue weighted by molar-refractivity contribution is 7.89. The zero-order chi connectivity index (χ0) is 25.3.